The average Bonchev–Trinajstić information content (AvgIpc) is 3.17. The smallest absolute Gasteiger partial charge is 0.253 e. The van der Waals surface area contributed by atoms with Gasteiger partial charge in [-0.05, 0) is 45.6 Å². The van der Waals surface area contributed by atoms with E-state index in [1.807, 2.05) is 22.9 Å². The van der Waals surface area contributed by atoms with E-state index in [2.05, 4.69) is 30.8 Å². The SMILES string of the molecule is N#Cc1ccc(S(=O)(=O)Nc2nnc(-c3ccsc3)s2)cc1Br. The lowest BCUT2D eigenvalue weighted by Crippen LogP contribution is -2.12. The molecule has 116 valence electrons. The number of nitrogens with one attached hydrogen (secondary N) is 1. The van der Waals surface area contributed by atoms with Crippen LogP contribution in [0.4, 0.5) is 5.13 Å². The van der Waals surface area contributed by atoms with E-state index in [-0.39, 0.29) is 10.0 Å². The fourth-order valence-electron chi connectivity index (χ4n) is 1.69. The lowest BCUT2D eigenvalue weighted by atomic mass is 10.2. The molecule has 0 aliphatic heterocycles. The molecular formula is C13H7BrN4O2S3. The highest BCUT2D eigenvalue weighted by Gasteiger charge is 2.18. The van der Waals surface area contributed by atoms with Crippen LogP contribution in [0.3, 0.4) is 0 Å². The van der Waals surface area contributed by atoms with Gasteiger partial charge in [-0.15, -0.1) is 10.2 Å². The second-order valence-corrected chi connectivity index (χ2v) is 8.58. The number of aromatic nitrogens is 2. The molecule has 3 rings (SSSR count). The number of thiophene rings is 1. The molecule has 0 fully saturated rings. The van der Waals surface area contributed by atoms with E-state index in [1.165, 1.54) is 29.5 Å². The number of hydrogen-bond acceptors (Lipinski definition) is 7. The first kappa shape index (κ1) is 16.1. The van der Waals surface area contributed by atoms with Crippen LogP contribution in [0.15, 0.2) is 44.4 Å². The summed E-state index contributed by atoms with van der Waals surface area (Å²) >= 11 is 5.86. The van der Waals surface area contributed by atoms with Gasteiger partial charge < -0.3 is 0 Å². The molecule has 10 heteroatoms. The maximum atomic E-state index is 12.4. The van der Waals surface area contributed by atoms with Crippen molar-refractivity contribution in [3.05, 3.63) is 45.1 Å². The van der Waals surface area contributed by atoms with Crippen molar-refractivity contribution in [1.29, 1.82) is 5.26 Å². The maximum Gasteiger partial charge on any atom is 0.263 e. The zero-order valence-electron chi connectivity index (χ0n) is 11.2. The molecule has 0 spiro atoms. The normalized spacial score (nSPS) is 11.1. The van der Waals surface area contributed by atoms with E-state index in [9.17, 15) is 8.42 Å². The van der Waals surface area contributed by atoms with Crippen molar-refractivity contribution in [2.24, 2.45) is 0 Å². The third-order valence-electron chi connectivity index (χ3n) is 2.79. The first-order valence-electron chi connectivity index (χ1n) is 6.08. The summed E-state index contributed by atoms with van der Waals surface area (Å²) in [5.41, 5.74) is 1.26. The van der Waals surface area contributed by atoms with Gasteiger partial charge in [0.1, 0.15) is 11.1 Å². The van der Waals surface area contributed by atoms with E-state index in [4.69, 9.17) is 5.26 Å². The number of nitriles is 1. The van der Waals surface area contributed by atoms with Gasteiger partial charge in [0, 0.05) is 15.4 Å². The van der Waals surface area contributed by atoms with Crippen LogP contribution in [-0.2, 0) is 10.0 Å². The molecule has 0 aliphatic carbocycles. The van der Waals surface area contributed by atoms with E-state index >= 15 is 0 Å². The van der Waals surface area contributed by atoms with E-state index in [0.717, 1.165) is 16.9 Å². The highest BCUT2D eigenvalue weighted by molar-refractivity contribution is 9.10. The number of nitrogens with zero attached hydrogens (tertiary/aromatic N) is 3. The zero-order chi connectivity index (χ0) is 16.4. The average molecular weight is 427 g/mol. The molecule has 0 aliphatic rings. The molecule has 1 aromatic carbocycles. The Labute approximate surface area is 148 Å². The van der Waals surface area contributed by atoms with Crippen molar-refractivity contribution in [3.63, 3.8) is 0 Å². The molecule has 0 saturated carbocycles. The van der Waals surface area contributed by atoms with Crippen LogP contribution in [0.25, 0.3) is 10.6 Å². The molecule has 0 unspecified atom stereocenters. The van der Waals surface area contributed by atoms with E-state index < -0.39 is 10.0 Å². The van der Waals surface area contributed by atoms with Crippen LogP contribution < -0.4 is 4.72 Å². The molecule has 6 nitrogen and oxygen atoms in total. The van der Waals surface area contributed by atoms with Gasteiger partial charge in [-0.2, -0.15) is 16.6 Å². The Morgan fingerprint density at radius 2 is 2.09 bits per heavy atom. The molecule has 0 radical (unpaired) electrons. The number of halogens is 1. The van der Waals surface area contributed by atoms with Crippen molar-refractivity contribution < 1.29 is 8.42 Å². The van der Waals surface area contributed by atoms with Crippen molar-refractivity contribution >= 4 is 53.8 Å². The minimum atomic E-state index is -3.80. The first-order valence-corrected chi connectivity index (χ1v) is 10.1. The van der Waals surface area contributed by atoms with Gasteiger partial charge in [0.05, 0.1) is 10.5 Å². The molecule has 2 heterocycles. The van der Waals surface area contributed by atoms with Gasteiger partial charge in [-0.3, -0.25) is 4.72 Å². The Hall–Kier alpha value is -1.80. The van der Waals surface area contributed by atoms with Gasteiger partial charge >= 0.3 is 0 Å². The molecular weight excluding hydrogens is 420 g/mol. The molecule has 1 N–H and O–H groups in total. The summed E-state index contributed by atoms with van der Waals surface area (Å²) in [6.45, 7) is 0. The maximum absolute atomic E-state index is 12.4. The lowest BCUT2D eigenvalue weighted by molar-refractivity contribution is 0.601. The number of sulfonamides is 1. The Kier molecular flexibility index (Phi) is 4.45. The summed E-state index contributed by atoms with van der Waals surface area (Å²) in [6, 6.07) is 8.04. The van der Waals surface area contributed by atoms with Gasteiger partial charge in [0.2, 0.25) is 5.13 Å². The van der Waals surface area contributed by atoms with E-state index in [0.29, 0.717) is 15.0 Å². The first-order chi connectivity index (χ1) is 11.0. The van der Waals surface area contributed by atoms with Crippen LogP contribution in [0.5, 0.6) is 0 Å². The van der Waals surface area contributed by atoms with Crippen molar-refractivity contribution in [2.45, 2.75) is 4.90 Å². The van der Waals surface area contributed by atoms with Crippen molar-refractivity contribution in [1.82, 2.24) is 10.2 Å². The van der Waals surface area contributed by atoms with Crippen LogP contribution in [-0.4, -0.2) is 18.6 Å². The lowest BCUT2D eigenvalue weighted by Gasteiger charge is -2.05. The monoisotopic (exact) mass is 426 g/mol. The topological polar surface area (TPSA) is 95.7 Å². The number of rotatable bonds is 4. The Bertz CT molecular complexity index is 991. The predicted molar refractivity (Wildman–Crippen MR) is 92.9 cm³/mol. The van der Waals surface area contributed by atoms with Crippen LogP contribution in [0, 0.1) is 11.3 Å². The molecule has 0 atom stereocenters. The summed E-state index contributed by atoms with van der Waals surface area (Å²) in [7, 11) is -3.80. The van der Waals surface area contributed by atoms with Crippen LogP contribution in [0.2, 0.25) is 0 Å². The van der Waals surface area contributed by atoms with Crippen LogP contribution >= 0.6 is 38.6 Å². The van der Waals surface area contributed by atoms with Gasteiger partial charge in [-0.25, -0.2) is 8.42 Å². The summed E-state index contributed by atoms with van der Waals surface area (Å²) in [6.07, 6.45) is 0. The largest absolute Gasteiger partial charge is 0.263 e. The molecule has 3 aromatic rings. The molecule has 23 heavy (non-hydrogen) atoms. The third kappa shape index (κ3) is 3.42. The molecule has 2 aromatic heterocycles. The van der Waals surface area contributed by atoms with Crippen molar-refractivity contribution in [2.75, 3.05) is 4.72 Å². The Balaban J connectivity index is 1.87. The molecule has 0 bridgehead atoms. The molecule has 0 saturated heterocycles. The predicted octanol–water partition coefficient (Wildman–Crippen LogP) is 3.70. The highest BCUT2D eigenvalue weighted by atomic mass is 79.9. The second-order valence-electron chi connectivity index (χ2n) is 4.28. The fourth-order valence-corrected chi connectivity index (χ4v) is 5.02. The highest BCUT2D eigenvalue weighted by Crippen LogP contribution is 2.29. The number of benzene rings is 1. The summed E-state index contributed by atoms with van der Waals surface area (Å²) in [4.78, 5) is 0.0376. The standard InChI is InChI=1S/C13H7BrN4O2S3/c14-11-5-10(2-1-8(11)6-15)23(19,20)18-13-17-16-12(22-13)9-3-4-21-7-9/h1-5,7H,(H,17,18). The minimum Gasteiger partial charge on any atom is -0.253 e. The summed E-state index contributed by atoms with van der Waals surface area (Å²) < 4.78 is 27.6. The second kappa shape index (κ2) is 6.37. The van der Waals surface area contributed by atoms with Gasteiger partial charge in [-0.1, -0.05) is 11.3 Å². The summed E-state index contributed by atoms with van der Waals surface area (Å²) in [5, 5.41) is 21.4. The third-order valence-corrected chi connectivity index (χ3v) is 6.48. The van der Waals surface area contributed by atoms with E-state index in [1.54, 1.807) is 0 Å². The Morgan fingerprint density at radius 1 is 1.26 bits per heavy atom. The van der Waals surface area contributed by atoms with Gasteiger partial charge in [0.15, 0.2) is 0 Å². The molecule has 0 amide bonds. The zero-order valence-corrected chi connectivity index (χ0v) is 15.3. The Morgan fingerprint density at radius 3 is 2.74 bits per heavy atom. The van der Waals surface area contributed by atoms with Crippen molar-refractivity contribution in [3.8, 4) is 16.6 Å². The van der Waals surface area contributed by atoms with Crippen LogP contribution in [0.1, 0.15) is 5.56 Å². The fraction of sp³-hybridized carbons (Fsp3) is 0. The quantitative estimate of drug-likeness (QED) is 0.685. The number of hydrogen-bond donors (Lipinski definition) is 1. The van der Waals surface area contributed by atoms with Gasteiger partial charge in [0.25, 0.3) is 10.0 Å². The number of anilines is 1. The summed E-state index contributed by atoms with van der Waals surface area (Å²) in [5.74, 6) is 0. The minimum absolute atomic E-state index is 0.0376.